The second kappa shape index (κ2) is 9.52. The van der Waals surface area contributed by atoms with E-state index in [2.05, 4.69) is 4.99 Å². The van der Waals surface area contributed by atoms with Gasteiger partial charge in [-0.2, -0.15) is 0 Å². The number of nitrogens with zero attached hydrogens (tertiary/aromatic N) is 3. The lowest BCUT2D eigenvalue weighted by Gasteiger charge is -2.25. The van der Waals surface area contributed by atoms with Gasteiger partial charge in [0.1, 0.15) is 10.6 Å². The molecule has 0 saturated carbocycles. The Bertz CT molecular complexity index is 1620. The van der Waals surface area contributed by atoms with Crippen LogP contribution >= 0.6 is 22.9 Å². The molecule has 0 radical (unpaired) electrons. The number of anilines is 1. The summed E-state index contributed by atoms with van der Waals surface area (Å²) in [4.78, 5) is 47.4. The van der Waals surface area contributed by atoms with Crippen molar-refractivity contribution in [2.75, 3.05) is 18.1 Å². The van der Waals surface area contributed by atoms with Gasteiger partial charge in [-0.15, -0.1) is 0 Å². The van der Waals surface area contributed by atoms with Crippen LogP contribution in [0.4, 0.5) is 5.69 Å². The summed E-state index contributed by atoms with van der Waals surface area (Å²) >= 11 is 7.72. The highest BCUT2D eigenvalue weighted by Crippen LogP contribution is 2.36. The topological polar surface area (TPSA) is 81.0 Å². The number of halogens is 1. The largest absolute Gasteiger partial charge is 0.463 e. The smallest absolute Gasteiger partial charge is 0.338 e. The van der Waals surface area contributed by atoms with Crippen LogP contribution in [0.15, 0.2) is 69.6 Å². The number of carbonyl (C=O) groups is 2. The maximum absolute atomic E-state index is 14.1. The second-order valence-corrected chi connectivity index (χ2v) is 9.88. The molecule has 1 amide bonds. The molecule has 2 aliphatic rings. The van der Waals surface area contributed by atoms with Crippen molar-refractivity contribution < 1.29 is 14.3 Å². The maximum atomic E-state index is 14.1. The van der Waals surface area contributed by atoms with Crippen molar-refractivity contribution in [3.63, 3.8) is 0 Å². The fourth-order valence-corrected chi connectivity index (χ4v) is 6.15. The maximum Gasteiger partial charge on any atom is 0.338 e. The van der Waals surface area contributed by atoms with E-state index in [4.69, 9.17) is 16.3 Å². The third-order valence-electron chi connectivity index (χ3n) is 6.29. The Balaban J connectivity index is 1.83. The van der Waals surface area contributed by atoms with E-state index in [9.17, 15) is 14.4 Å². The molecule has 1 atom stereocenters. The Morgan fingerprint density at radius 2 is 1.83 bits per heavy atom. The molecule has 184 valence electrons. The molecule has 36 heavy (non-hydrogen) atoms. The number of allylic oxidation sites excluding steroid dienone is 1. The van der Waals surface area contributed by atoms with Crippen molar-refractivity contribution >= 4 is 46.1 Å². The molecule has 0 saturated heterocycles. The van der Waals surface area contributed by atoms with Gasteiger partial charge in [0.25, 0.3) is 11.5 Å². The number of rotatable bonds is 5. The summed E-state index contributed by atoms with van der Waals surface area (Å²) in [7, 11) is 0. The van der Waals surface area contributed by atoms with Gasteiger partial charge in [-0.3, -0.25) is 14.2 Å². The van der Waals surface area contributed by atoms with Gasteiger partial charge in [-0.1, -0.05) is 66.3 Å². The van der Waals surface area contributed by atoms with Crippen molar-refractivity contribution in [1.82, 2.24) is 4.57 Å². The van der Waals surface area contributed by atoms with Crippen LogP contribution in [-0.4, -0.2) is 29.6 Å². The van der Waals surface area contributed by atoms with Crippen LogP contribution in [0.25, 0.3) is 5.57 Å². The first-order chi connectivity index (χ1) is 17.4. The monoisotopic (exact) mass is 521 g/mol. The van der Waals surface area contributed by atoms with Crippen LogP contribution in [0.1, 0.15) is 44.4 Å². The normalized spacial score (nSPS) is 18.2. The van der Waals surface area contributed by atoms with E-state index >= 15 is 0 Å². The standard InChI is InChI=1S/C27H24ClN3O4S/c1-4-14-30-19-13-9-7-11-17(19)21(24(30)32)23-25(33)31-22(16-10-6-8-12-18(16)28)20(26(34)35-5-2)15(3)29-27(31)36-23/h6-13,22H,4-5,14H2,1-3H3/b23-21-/t22-/m0/s1. The molecule has 5 rings (SSSR count). The number of fused-ring (bicyclic) bond motifs is 2. The van der Waals surface area contributed by atoms with Gasteiger partial charge in [0.2, 0.25) is 0 Å². The highest BCUT2D eigenvalue weighted by atomic mass is 35.5. The van der Waals surface area contributed by atoms with Crippen molar-refractivity contribution in [3.8, 4) is 0 Å². The van der Waals surface area contributed by atoms with Gasteiger partial charge < -0.3 is 9.64 Å². The first kappa shape index (κ1) is 24.2. The van der Waals surface area contributed by atoms with Crippen LogP contribution in [0, 0.1) is 0 Å². The molecular weight excluding hydrogens is 498 g/mol. The van der Waals surface area contributed by atoms with E-state index in [1.54, 1.807) is 43.0 Å². The van der Waals surface area contributed by atoms with Gasteiger partial charge in [0.05, 0.1) is 29.1 Å². The van der Waals surface area contributed by atoms with E-state index in [0.717, 1.165) is 29.0 Å². The summed E-state index contributed by atoms with van der Waals surface area (Å²) < 4.78 is 7.09. The summed E-state index contributed by atoms with van der Waals surface area (Å²) in [6, 6.07) is 13.7. The number of thiazole rings is 1. The van der Waals surface area contributed by atoms with Gasteiger partial charge >= 0.3 is 5.97 Å². The number of esters is 1. The minimum Gasteiger partial charge on any atom is -0.463 e. The summed E-state index contributed by atoms with van der Waals surface area (Å²) in [5.41, 5.74) is 2.75. The molecule has 0 bridgehead atoms. The van der Waals surface area contributed by atoms with Gasteiger partial charge in [-0.05, 0) is 38.0 Å². The molecule has 1 aromatic heterocycles. The molecule has 9 heteroatoms. The van der Waals surface area contributed by atoms with E-state index < -0.39 is 17.6 Å². The minimum absolute atomic E-state index is 0.179. The van der Waals surface area contributed by atoms with Crippen LogP contribution in [0.5, 0.6) is 0 Å². The lowest BCUT2D eigenvalue weighted by atomic mass is 9.96. The third-order valence-corrected chi connectivity index (χ3v) is 7.69. The fraction of sp³-hybridized carbons (Fsp3) is 0.259. The van der Waals surface area contributed by atoms with Gasteiger partial charge in [0.15, 0.2) is 4.80 Å². The third kappa shape index (κ3) is 3.72. The molecule has 2 aliphatic heterocycles. The number of hydrogen-bond acceptors (Lipinski definition) is 6. The quantitative estimate of drug-likeness (QED) is 0.481. The zero-order chi connectivity index (χ0) is 25.6. The average Bonchev–Trinajstić information content (AvgIpc) is 3.32. The predicted molar refractivity (Wildman–Crippen MR) is 140 cm³/mol. The minimum atomic E-state index is -0.832. The van der Waals surface area contributed by atoms with Crippen molar-refractivity contribution in [2.24, 2.45) is 4.99 Å². The molecule has 0 aliphatic carbocycles. The molecular formula is C27H24ClN3O4S. The highest BCUT2D eigenvalue weighted by Gasteiger charge is 2.37. The molecule has 0 spiro atoms. The fourth-order valence-electron chi connectivity index (χ4n) is 4.78. The second-order valence-electron chi connectivity index (χ2n) is 8.49. The molecule has 0 fully saturated rings. The molecule has 7 nitrogen and oxygen atoms in total. The summed E-state index contributed by atoms with van der Waals surface area (Å²) in [5.74, 6) is -0.767. The van der Waals surface area contributed by atoms with Crippen molar-refractivity contribution in [1.29, 1.82) is 0 Å². The molecule has 0 unspecified atom stereocenters. The van der Waals surface area contributed by atoms with Crippen molar-refractivity contribution in [2.45, 2.75) is 33.2 Å². The number of para-hydroxylation sites is 1. The number of ether oxygens (including phenoxy) is 1. The number of aromatic nitrogens is 1. The molecule has 2 aromatic carbocycles. The van der Waals surface area contributed by atoms with E-state index in [1.165, 1.54) is 4.57 Å². The van der Waals surface area contributed by atoms with Crippen LogP contribution in [0.3, 0.4) is 0 Å². The van der Waals surface area contributed by atoms with Crippen LogP contribution in [-0.2, 0) is 14.3 Å². The summed E-state index contributed by atoms with van der Waals surface area (Å²) in [6.07, 6.45) is 0.781. The average molecular weight is 522 g/mol. The number of benzene rings is 2. The van der Waals surface area contributed by atoms with Crippen LogP contribution in [0.2, 0.25) is 5.02 Å². The Kier molecular flexibility index (Phi) is 6.40. The zero-order valence-electron chi connectivity index (χ0n) is 20.1. The SMILES string of the molecule is CCCN1C(=O)/C(=c2\sc3n(c2=O)[C@@H](c2ccccc2Cl)C(C(=O)OCC)=C(C)N=3)c2ccccc21. The van der Waals surface area contributed by atoms with Gasteiger partial charge in [0, 0.05) is 17.1 Å². The summed E-state index contributed by atoms with van der Waals surface area (Å²) in [5, 5.41) is 0.411. The van der Waals surface area contributed by atoms with Crippen molar-refractivity contribution in [3.05, 3.63) is 95.6 Å². The molecule has 0 N–H and O–H groups in total. The van der Waals surface area contributed by atoms with E-state index in [1.807, 2.05) is 31.2 Å². The number of hydrogen-bond donors (Lipinski definition) is 0. The first-order valence-electron chi connectivity index (χ1n) is 11.8. The Hall–Kier alpha value is -3.49. The molecule has 3 aromatic rings. The Labute approximate surface area is 216 Å². The Morgan fingerprint density at radius 1 is 1.11 bits per heavy atom. The van der Waals surface area contributed by atoms with E-state index in [-0.39, 0.29) is 18.1 Å². The summed E-state index contributed by atoms with van der Waals surface area (Å²) in [6.45, 7) is 6.17. The number of carbonyl (C=O) groups excluding carboxylic acids is 2. The van der Waals surface area contributed by atoms with Gasteiger partial charge in [-0.25, -0.2) is 9.79 Å². The Morgan fingerprint density at radius 3 is 2.56 bits per heavy atom. The van der Waals surface area contributed by atoms with Crippen LogP contribution < -0.4 is 19.8 Å². The van der Waals surface area contributed by atoms with E-state index in [0.29, 0.717) is 37.7 Å². The zero-order valence-corrected chi connectivity index (χ0v) is 21.7. The lowest BCUT2D eigenvalue weighted by molar-refractivity contribution is -0.139. The lowest BCUT2D eigenvalue weighted by Crippen LogP contribution is -2.41. The first-order valence-corrected chi connectivity index (χ1v) is 13.0. The highest BCUT2D eigenvalue weighted by molar-refractivity contribution is 7.07. The molecule has 3 heterocycles. The number of amides is 1. The predicted octanol–water partition coefficient (Wildman–Crippen LogP) is 3.58.